The van der Waals surface area contributed by atoms with Crippen molar-refractivity contribution in [3.8, 4) is 0 Å². The van der Waals surface area contributed by atoms with Crippen LogP contribution in [-0.2, 0) is 44.7 Å². The Morgan fingerprint density at radius 3 is 1.45 bits per heavy atom. The number of anilines is 1. The molecule has 0 fully saturated rings. The van der Waals surface area contributed by atoms with Gasteiger partial charge in [0.05, 0.1) is 6.61 Å². The summed E-state index contributed by atoms with van der Waals surface area (Å²) >= 11 is 3.83. The Bertz CT molecular complexity index is 3830. The summed E-state index contributed by atoms with van der Waals surface area (Å²) in [5.74, 6) is -0.749. The molecular weight excluding hydrogens is 966 g/mol. The quantitative estimate of drug-likeness (QED) is 0.0452. The van der Waals surface area contributed by atoms with Crippen molar-refractivity contribution in [2.45, 2.75) is 25.7 Å². The normalized spacial score (nSPS) is 11.6. The van der Waals surface area contributed by atoms with E-state index in [1.807, 2.05) is 28.7 Å². The Morgan fingerprint density at radius 1 is 0.459 bits per heavy atom. The molecule has 0 radical (unpaired) electrons. The van der Waals surface area contributed by atoms with Crippen LogP contribution in [0.1, 0.15) is 22.3 Å². The molecule has 0 amide bonds. The molecule has 1 unspecified atom stereocenters. The van der Waals surface area contributed by atoms with Crippen LogP contribution >= 0.6 is 31.3 Å². The van der Waals surface area contributed by atoms with Crippen molar-refractivity contribution in [2.75, 3.05) is 31.2 Å². The number of benzene rings is 10. The molecule has 1 N–H and O–H groups in total. The molecule has 364 valence electrons. The van der Waals surface area contributed by atoms with Crippen molar-refractivity contribution in [1.29, 1.82) is 0 Å². The predicted molar refractivity (Wildman–Crippen MR) is 320 cm³/mol. The van der Waals surface area contributed by atoms with E-state index >= 15 is 0 Å². The molecule has 0 aliphatic heterocycles. The third kappa shape index (κ3) is 10.0. The maximum atomic E-state index is 11.4. The zero-order valence-corrected chi connectivity index (χ0v) is 43.6. The molecule has 0 bridgehead atoms. The zero-order valence-electron chi connectivity index (χ0n) is 41.0. The number of ether oxygens (including phenoxy) is 2. The van der Waals surface area contributed by atoms with Gasteiger partial charge in [0, 0.05) is 70.9 Å². The topological polar surface area (TPSA) is 64.6 Å². The average molecular weight is 1020 g/mol. The highest BCUT2D eigenvalue weighted by atomic mass is 32.1. The fourth-order valence-electron chi connectivity index (χ4n) is 10.4. The van der Waals surface area contributed by atoms with Crippen molar-refractivity contribution in [3.63, 3.8) is 0 Å². The molecule has 12 rings (SSSR count). The lowest BCUT2D eigenvalue weighted by atomic mass is 9.95. The Kier molecular flexibility index (Phi) is 14.6. The Balaban J connectivity index is 0.000000159. The molecule has 10 aromatic carbocycles. The van der Waals surface area contributed by atoms with E-state index in [0.29, 0.717) is 28.3 Å². The number of hydrogen-bond donors (Lipinski definition) is 1. The fraction of sp³-hybridized carbons (Fsp3) is 0.121. The summed E-state index contributed by atoms with van der Waals surface area (Å²) in [5, 5.41) is 20.8. The first-order valence-electron chi connectivity index (χ1n) is 25.2. The first-order valence-corrected chi connectivity index (χ1v) is 28.0. The summed E-state index contributed by atoms with van der Waals surface area (Å²) in [7, 11) is 0.610. The van der Waals surface area contributed by atoms with Crippen molar-refractivity contribution in [2.24, 2.45) is 0 Å². The van der Waals surface area contributed by atoms with Gasteiger partial charge in [0.15, 0.2) is 0 Å². The van der Waals surface area contributed by atoms with Crippen LogP contribution in [0.25, 0.3) is 83.4 Å². The van der Waals surface area contributed by atoms with Crippen LogP contribution in [0, 0.1) is 0 Å². The molecule has 2 aromatic heterocycles. The van der Waals surface area contributed by atoms with Crippen LogP contribution in [0.15, 0.2) is 207 Å². The van der Waals surface area contributed by atoms with Gasteiger partial charge in [0.2, 0.25) is 0 Å². The third-order valence-corrected chi connectivity index (χ3v) is 17.7. The monoisotopic (exact) mass is 1020 g/mol. The molecule has 12 aromatic rings. The van der Waals surface area contributed by atoms with Crippen molar-refractivity contribution < 1.29 is 19.1 Å². The number of hydrogen-bond acceptors (Lipinski definition) is 7. The van der Waals surface area contributed by atoms with E-state index in [9.17, 15) is 9.59 Å². The molecule has 0 aliphatic rings. The van der Waals surface area contributed by atoms with Gasteiger partial charge in [0.1, 0.15) is 6.61 Å². The smallest absolute Gasteiger partial charge is 0.330 e. The van der Waals surface area contributed by atoms with Crippen molar-refractivity contribution in [1.82, 2.24) is 0 Å². The van der Waals surface area contributed by atoms with Gasteiger partial charge in [-0.3, -0.25) is 0 Å². The SMILES string of the molecule is C=CC(=O)OCCNc1ccccc1CCc1cc2ccccc2c2c1sc1ccc3ccccc3c12.C=CC(=O)OCCPc1ccccc1CCc1cc2ccccc2c2c1sc1ccc3ccccc3c12. The molecule has 0 aliphatic carbocycles. The molecule has 0 spiro atoms. The fourth-order valence-corrected chi connectivity index (χ4v) is 14.1. The van der Waals surface area contributed by atoms with Crippen molar-refractivity contribution in [3.05, 3.63) is 230 Å². The Labute approximate surface area is 440 Å². The van der Waals surface area contributed by atoms with E-state index in [-0.39, 0.29) is 5.97 Å². The summed E-state index contributed by atoms with van der Waals surface area (Å²) < 4.78 is 15.8. The first kappa shape index (κ1) is 48.6. The lowest BCUT2D eigenvalue weighted by Crippen LogP contribution is -2.13. The lowest BCUT2D eigenvalue weighted by Gasteiger charge is -2.13. The van der Waals surface area contributed by atoms with E-state index in [1.54, 1.807) is 0 Å². The maximum absolute atomic E-state index is 11.4. The minimum absolute atomic E-state index is 0.306. The van der Waals surface area contributed by atoms with Crippen LogP contribution < -0.4 is 10.6 Å². The zero-order chi connectivity index (χ0) is 50.4. The lowest BCUT2D eigenvalue weighted by molar-refractivity contribution is -0.138. The highest BCUT2D eigenvalue weighted by molar-refractivity contribution is 7.47. The van der Waals surface area contributed by atoms with E-state index in [1.165, 1.54) is 123 Å². The highest BCUT2D eigenvalue weighted by Crippen LogP contribution is 2.46. The van der Waals surface area contributed by atoms with E-state index in [4.69, 9.17) is 9.47 Å². The summed E-state index contributed by atoms with van der Waals surface area (Å²) in [6, 6.07) is 65.9. The second-order valence-electron chi connectivity index (χ2n) is 18.4. The van der Waals surface area contributed by atoms with Gasteiger partial charge in [-0.15, -0.1) is 22.7 Å². The minimum atomic E-state index is -0.397. The Hall–Kier alpha value is -7.67. The summed E-state index contributed by atoms with van der Waals surface area (Å²) in [5.41, 5.74) is 6.51. The number of nitrogens with one attached hydrogen (secondary N) is 1. The number of carbonyl (C=O) groups excluding carboxylic acids is 2. The molecule has 8 heteroatoms. The number of fused-ring (bicyclic) bond motifs is 14. The number of carbonyl (C=O) groups is 2. The number of esters is 2. The van der Waals surface area contributed by atoms with Gasteiger partial charge in [-0.1, -0.05) is 173 Å². The van der Waals surface area contributed by atoms with Gasteiger partial charge in [-0.2, -0.15) is 0 Å². The van der Waals surface area contributed by atoms with Crippen LogP contribution in [-0.4, -0.2) is 37.9 Å². The molecule has 5 nitrogen and oxygen atoms in total. The predicted octanol–water partition coefficient (Wildman–Crippen LogP) is 16.5. The number of aryl methyl sites for hydroxylation is 4. The van der Waals surface area contributed by atoms with Crippen LogP contribution in [0.4, 0.5) is 5.69 Å². The Morgan fingerprint density at radius 2 is 0.892 bits per heavy atom. The van der Waals surface area contributed by atoms with Crippen LogP contribution in [0.2, 0.25) is 0 Å². The first-order chi connectivity index (χ1) is 36.4. The van der Waals surface area contributed by atoms with E-state index in [2.05, 4.69) is 194 Å². The van der Waals surface area contributed by atoms with Gasteiger partial charge in [-0.25, -0.2) is 9.59 Å². The third-order valence-electron chi connectivity index (χ3n) is 13.9. The number of thiophene rings is 2. The summed E-state index contributed by atoms with van der Waals surface area (Å²) in [4.78, 5) is 22.7. The average Bonchev–Trinajstić information content (AvgIpc) is 4.07. The van der Waals surface area contributed by atoms with E-state index in [0.717, 1.165) is 37.5 Å². The van der Waals surface area contributed by atoms with Gasteiger partial charge in [-0.05, 0) is 127 Å². The van der Waals surface area contributed by atoms with Crippen molar-refractivity contribution >= 4 is 138 Å². The summed E-state index contributed by atoms with van der Waals surface area (Å²) in [6.45, 7) is 8.19. The summed E-state index contributed by atoms with van der Waals surface area (Å²) in [6.07, 6.45) is 7.07. The van der Waals surface area contributed by atoms with Gasteiger partial charge in [0.25, 0.3) is 0 Å². The van der Waals surface area contributed by atoms with Gasteiger partial charge >= 0.3 is 11.9 Å². The minimum Gasteiger partial charge on any atom is -0.462 e. The molecule has 74 heavy (non-hydrogen) atoms. The molecule has 2 heterocycles. The maximum Gasteiger partial charge on any atom is 0.330 e. The van der Waals surface area contributed by atoms with Crippen LogP contribution in [0.5, 0.6) is 0 Å². The van der Waals surface area contributed by atoms with E-state index < -0.39 is 5.97 Å². The second kappa shape index (κ2) is 22.2. The second-order valence-corrected chi connectivity index (χ2v) is 21.9. The molecular formula is C66H54NO4PS2. The molecule has 1 atom stereocenters. The van der Waals surface area contributed by atoms with Crippen LogP contribution in [0.3, 0.4) is 0 Å². The number of para-hydroxylation sites is 1. The molecule has 0 saturated heterocycles. The van der Waals surface area contributed by atoms with Gasteiger partial charge < -0.3 is 14.8 Å². The standard InChI is InChI=1S/C33H27NO2S.C33H27O2PS/c1-2-30(35)36-20-19-34-28-14-8-5-10-23(28)15-16-25-21-24-11-4-7-13-27(24)32-31-26-12-6-3-9-22(26)17-18-29(31)37-33(25)32;1-2-30(34)35-19-20-36-28-14-8-5-10-23(28)15-16-25-21-24-11-4-7-13-27(24)32-31-26-12-6-3-9-22(26)17-18-29(31)37-33(25)32/h2-14,17-18,21,34H,1,15-16,19-20H2;2-14,17-18,21,36H,1,15-16,19-20H2. The highest BCUT2D eigenvalue weighted by Gasteiger charge is 2.18. The number of rotatable bonds is 16. The molecule has 0 saturated carbocycles. The largest absolute Gasteiger partial charge is 0.462 e.